The van der Waals surface area contributed by atoms with Crippen molar-refractivity contribution in [3.05, 3.63) is 64.7 Å². The fourth-order valence-electron chi connectivity index (χ4n) is 3.73. The molecule has 0 amide bonds. The Hall–Kier alpha value is -1.88. The van der Waals surface area contributed by atoms with E-state index in [4.69, 9.17) is 16.3 Å². The number of carbonyl (C=O) groups excluding carboxylic acids is 1. The molecule has 0 aromatic heterocycles. The van der Waals surface area contributed by atoms with E-state index >= 15 is 0 Å². The van der Waals surface area contributed by atoms with Gasteiger partial charge in [0.2, 0.25) is 0 Å². The highest BCUT2D eigenvalue weighted by Crippen LogP contribution is 2.33. The zero-order valence-corrected chi connectivity index (χ0v) is 17.1. The maximum Gasteiger partial charge on any atom is 0.163 e. The number of carbonyl (C=O) groups is 1. The lowest BCUT2D eigenvalue weighted by Gasteiger charge is -2.38. The summed E-state index contributed by atoms with van der Waals surface area (Å²) in [4.78, 5) is 14.8. The summed E-state index contributed by atoms with van der Waals surface area (Å²) >= 11 is 5.95. The van der Waals surface area contributed by atoms with Gasteiger partial charge in [0, 0.05) is 30.1 Å². The third-order valence-electron chi connectivity index (χ3n) is 5.41. The van der Waals surface area contributed by atoms with Gasteiger partial charge in [-0.15, -0.1) is 0 Å². The van der Waals surface area contributed by atoms with Crippen LogP contribution >= 0.6 is 11.6 Å². The average Bonchev–Trinajstić information content (AvgIpc) is 2.70. The molecule has 5 heteroatoms. The van der Waals surface area contributed by atoms with Gasteiger partial charge in [-0.05, 0) is 62.6 Å². The van der Waals surface area contributed by atoms with E-state index in [9.17, 15) is 9.90 Å². The zero-order chi connectivity index (χ0) is 20.0. The van der Waals surface area contributed by atoms with Gasteiger partial charge in [0.15, 0.2) is 5.78 Å². The Balaban J connectivity index is 1.45. The number of nitrogens with zero attached hydrogens (tertiary/aromatic N) is 1. The van der Waals surface area contributed by atoms with Crippen molar-refractivity contribution in [3.63, 3.8) is 0 Å². The minimum absolute atomic E-state index is 0.149. The smallest absolute Gasteiger partial charge is 0.163 e. The molecule has 150 valence electrons. The average molecular weight is 402 g/mol. The highest BCUT2D eigenvalue weighted by Gasteiger charge is 2.33. The van der Waals surface area contributed by atoms with Crippen LogP contribution in [-0.4, -0.2) is 42.0 Å². The molecular weight excluding hydrogens is 374 g/mol. The van der Waals surface area contributed by atoms with Crippen molar-refractivity contribution in [2.45, 2.75) is 38.2 Å². The van der Waals surface area contributed by atoms with Crippen molar-refractivity contribution in [2.75, 3.05) is 26.2 Å². The summed E-state index contributed by atoms with van der Waals surface area (Å²) in [6.07, 6.45) is 2.72. The largest absolute Gasteiger partial charge is 0.494 e. The second-order valence-electron chi connectivity index (χ2n) is 7.37. The van der Waals surface area contributed by atoms with Crippen molar-refractivity contribution < 1.29 is 14.6 Å². The summed E-state index contributed by atoms with van der Waals surface area (Å²) in [6, 6.07) is 14.9. The molecule has 0 atom stereocenters. The number of Topliss-reactive ketones (excluding diaryl/α,β-unsaturated/α-hetero) is 1. The highest BCUT2D eigenvalue weighted by atomic mass is 35.5. The van der Waals surface area contributed by atoms with Crippen molar-refractivity contribution in [3.8, 4) is 5.75 Å². The monoisotopic (exact) mass is 401 g/mol. The number of aliphatic hydroxyl groups is 1. The van der Waals surface area contributed by atoms with Crippen molar-refractivity contribution in [1.82, 2.24) is 4.90 Å². The maximum absolute atomic E-state index is 12.4. The molecule has 1 fully saturated rings. The predicted octanol–water partition coefficient (Wildman–Crippen LogP) is 4.69. The van der Waals surface area contributed by atoms with E-state index in [-0.39, 0.29) is 5.78 Å². The van der Waals surface area contributed by atoms with Crippen LogP contribution in [0.15, 0.2) is 48.5 Å². The van der Waals surface area contributed by atoms with Crippen molar-refractivity contribution in [2.24, 2.45) is 0 Å². The molecule has 0 spiro atoms. The van der Waals surface area contributed by atoms with Gasteiger partial charge in [-0.3, -0.25) is 4.79 Å². The number of ketones is 1. The maximum atomic E-state index is 12.4. The van der Waals surface area contributed by atoms with E-state index in [1.54, 1.807) is 0 Å². The Kier molecular flexibility index (Phi) is 7.11. The van der Waals surface area contributed by atoms with Crippen LogP contribution in [0.3, 0.4) is 0 Å². The molecule has 1 N–H and O–H groups in total. The fraction of sp³-hybridized carbons (Fsp3) is 0.435. The Morgan fingerprint density at radius 3 is 2.57 bits per heavy atom. The molecule has 28 heavy (non-hydrogen) atoms. The zero-order valence-electron chi connectivity index (χ0n) is 16.4. The highest BCUT2D eigenvalue weighted by molar-refractivity contribution is 6.30. The molecule has 0 unspecified atom stereocenters. The summed E-state index contributed by atoms with van der Waals surface area (Å²) in [7, 11) is 0. The molecular formula is C23H28ClNO3. The molecule has 2 aromatic rings. The number of hydrogen-bond acceptors (Lipinski definition) is 4. The van der Waals surface area contributed by atoms with Crippen molar-refractivity contribution >= 4 is 17.4 Å². The molecule has 1 heterocycles. The van der Waals surface area contributed by atoms with Gasteiger partial charge >= 0.3 is 0 Å². The molecule has 0 saturated carbocycles. The standard InChI is InChI=1S/C23H28ClNO3/c1-2-28-21-6-3-5-18(17-21)22(26)7-4-14-25-15-12-23(27,13-16-25)19-8-10-20(24)11-9-19/h3,5-6,8-11,17,27H,2,4,7,12-16H2,1H3. The number of rotatable bonds is 8. The second kappa shape index (κ2) is 9.55. The topological polar surface area (TPSA) is 49.8 Å². The van der Waals surface area contributed by atoms with E-state index in [1.807, 2.05) is 55.5 Å². The van der Waals surface area contributed by atoms with Crippen LogP contribution < -0.4 is 4.74 Å². The first-order valence-electron chi connectivity index (χ1n) is 9.97. The van der Waals surface area contributed by atoms with E-state index in [2.05, 4.69) is 4.90 Å². The Morgan fingerprint density at radius 1 is 1.18 bits per heavy atom. The molecule has 4 nitrogen and oxygen atoms in total. The van der Waals surface area contributed by atoms with Gasteiger partial charge in [-0.2, -0.15) is 0 Å². The lowest BCUT2D eigenvalue weighted by molar-refractivity contribution is -0.0260. The summed E-state index contributed by atoms with van der Waals surface area (Å²) in [5.74, 6) is 0.891. The van der Waals surface area contributed by atoms with Gasteiger partial charge in [-0.25, -0.2) is 0 Å². The Labute approximate surface area is 172 Å². The number of ether oxygens (including phenoxy) is 1. The number of likely N-dealkylation sites (tertiary alicyclic amines) is 1. The van der Waals surface area contributed by atoms with E-state index in [0.29, 0.717) is 36.5 Å². The van der Waals surface area contributed by atoms with Gasteiger partial charge in [0.1, 0.15) is 5.75 Å². The van der Waals surface area contributed by atoms with Crippen LogP contribution in [0.25, 0.3) is 0 Å². The molecule has 3 rings (SSSR count). The van der Waals surface area contributed by atoms with Crippen LogP contribution in [0.4, 0.5) is 0 Å². The molecule has 2 aromatic carbocycles. The van der Waals surface area contributed by atoms with Gasteiger partial charge in [0.25, 0.3) is 0 Å². The molecule has 1 saturated heterocycles. The number of hydrogen-bond donors (Lipinski definition) is 1. The summed E-state index contributed by atoms with van der Waals surface area (Å²) < 4.78 is 5.47. The molecule has 0 aliphatic carbocycles. The summed E-state index contributed by atoms with van der Waals surface area (Å²) in [5, 5.41) is 11.6. The van der Waals surface area contributed by atoms with Crippen LogP contribution in [0.5, 0.6) is 5.75 Å². The lowest BCUT2D eigenvalue weighted by atomic mass is 9.84. The third-order valence-corrected chi connectivity index (χ3v) is 5.66. The Morgan fingerprint density at radius 2 is 1.89 bits per heavy atom. The van der Waals surface area contributed by atoms with E-state index in [1.165, 1.54) is 0 Å². The molecule has 1 aliphatic heterocycles. The second-order valence-corrected chi connectivity index (χ2v) is 7.80. The van der Waals surface area contributed by atoms with Crippen LogP contribution in [0.2, 0.25) is 5.02 Å². The minimum atomic E-state index is -0.781. The first-order chi connectivity index (χ1) is 13.5. The SMILES string of the molecule is CCOc1cccc(C(=O)CCCN2CCC(O)(c3ccc(Cl)cc3)CC2)c1. The van der Waals surface area contributed by atoms with Crippen molar-refractivity contribution in [1.29, 1.82) is 0 Å². The minimum Gasteiger partial charge on any atom is -0.494 e. The predicted molar refractivity (Wildman–Crippen MR) is 112 cm³/mol. The van der Waals surface area contributed by atoms with Gasteiger partial charge in [-0.1, -0.05) is 35.9 Å². The van der Waals surface area contributed by atoms with E-state index < -0.39 is 5.60 Å². The quantitative estimate of drug-likeness (QED) is 0.652. The normalized spacial score (nSPS) is 16.7. The van der Waals surface area contributed by atoms with Gasteiger partial charge in [0.05, 0.1) is 12.2 Å². The summed E-state index contributed by atoms with van der Waals surface area (Å²) in [5.41, 5.74) is 0.860. The number of halogens is 1. The third kappa shape index (κ3) is 5.34. The summed E-state index contributed by atoms with van der Waals surface area (Å²) in [6.45, 7) is 5.05. The van der Waals surface area contributed by atoms with Gasteiger partial charge < -0.3 is 14.7 Å². The first kappa shape index (κ1) is 20.8. The van der Waals surface area contributed by atoms with Crippen LogP contribution in [0, 0.1) is 0 Å². The first-order valence-corrected chi connectivity index (χ1v) is 10.3. The molecule has 0 bridgehead atoms. The van der Waals surface area contributed by atoms with E-state index in [0.717, 1.165) is 37.4 Å². The number of benzene rings is 2. The molecule has 1 aliphatic rings. The fourth-order valence-corrected chi connectivity index (χ4v) is 3.85. The lowest BCUT2D eigenvalue weighted by Crippen LogP contribution is -2.42. The number of piperidine rings is 1. The molecule has 0 radical (unpaired) electrons. The Bertz CT molecular complexity index is 783. The van der Waals surface area contributed by atoms with Crippen LogP contribution in [-0.2, 0) is 5.60 Å². The van der Waals surface area contributed by atoms with Crippen LogP contribution in [0.1, 0.15) is 48.5 Å².